The summed E-state index contributed by atoms with van der Waals surface area (Å²) in [6, 6.07) is 13.4. The number of ether oxygens (including phenoxy) is 1. The fourth-order valence-corrected chi connectivity index (χ4v) is 4.98. The predicted octanol–water partition coefficient (Wildman–Crippen LogP) is 2.79. The first-order chi connectivity index (χ1) is 21.0. The predicted molar refractivity (Wildman–Crippen MR) is 165 cm³/mol. The van der Waals surface area contributed by atoms with Gasteiger partial charge in [0.1, 0.15) is 11.1 Å². The van der Waals surface area contributed by atoms with Crippen molar-refractivity contribution in [3.8, 4) is 11.8 Å². The molecule has 0 aliphatic carbocycles. The zero-order valence-electron chi connectivity index (χ0n) is 24.3. The van der Waals surface area contributed by atoms with E-state index in [9.17, 15) is 19.6 Å². The first-order valence-corrected chi connectivity index (χ1v) is 14.1. The van der Waals surface area contributed by atoms with Crippen LogP contribution in [0.15, 0.2) is 72.3 Å². The van der Waals surface area contributed by atoms with Gasteiger partial charge in [-0.3, -0.25) is 9.59 Å². The molecule has 12 nitrogen and oxygen atoms in total. The minimum Gasteiger partial charge on any atom is -0.377 e. The normalized spacial score (nSPS) is 16.2. The number of aryl methyl sites for hydroxylation is 1. The second kappa shape index (κ2) is 12.2. The molecule has 4 aromatic rings. The molecule has 2 atom stereocenters. The van der Waals surface area contributed by atoms with Crippen molar-refractivity contribution < 1.29 is 18.9 Å². The smallest absolute Gasteiger partial charge is 0.377 e. The first kappa shape index (κ1) is 30.3. The maximum Gasteiger partial charge on any atom is 0.448 e. The number of anilines is 2. The quantitative estimate of drug-likeness (QED) is 0.202. The van der Waals surface area contributed by atoms with Crippen LogP contribution in [0.1, 0.15) is 29.8 Å². The van der Waals surface area contributed by atoms with E-state index in [1.54, 1.807) is 63.6 Å². The number of nitriles is 1. The molecule has 224 valence electrons. The summed E-state index contributed by atoms with van der Waals surface area (Å²) >= 11 is 6.52. The molecule has 2 aromatic carbocycles. The molecule has 0 radical (unpaired) electrons. The number of amides is 2. The number of hydrogen-bond donors (Lipinski definition) is 3. The topological polar surface area (TPSA) is 155 Å². The fourth-order valence-electron chi connectivity index (χ4n) is 4.77. The number of fused-ring (bicyclic) bond motifs is 1. The minimum absolute atomic E-state index is 0.258. The van der Waals surface area contributed by atoms with Crippen molar-refractivity contribution in [1.82, 2.24) is 19.9 Å². The van der Waals surface area contributed by atoms with E-state index in [4.69, 9.17) is 16.3 Å². The Bertz CT molecular complexity index is 1900. The van der Waals surface area contributed by atoms with Crippen LogP contribution >= 0.6 is 11.6 Å². The van der Waals surface area contributed by atoms with Crippen molar-refractivity contribution in [1.29, 1.82) is 5.26 Å². The van der Waals surface area contributed by atoms with Gasteiger partial charge in [0.2, 0.25) is 5.91 Å². The molecule has 44 heavy (non-hydrogen) atoms. The molecule has 3 N–H and O–H groups in total. The summed E-state index contributed by atoms with van der Waals surface area (Å²) in [4.78, 5) is 47.4. The highest BCUT2D eigenvalue weighted by molar-refractivity contribution is 6.32. The number of benzene rings is 2. The number of rotatable bonds is 8. The summed E-state index contributed by atoms with van der Waals surface area (Å²) in [5.74, 6) is -0.462. The Morgan fingerprint density at radius 2 is 2.00 bits per heavy atom. The average Bonchev–Trinajstić information content (AvgIpc) is 3.45. The van der Waals surface area contributed by atoms with E-state index in [-0.39, 0.29) is 34.5 Å². The molecule has 2 unspecified atom stereocenters. The van der Waals surface area contributed by atoms with Gasteiger partial charge < -0.3 is 20.7 Å². The molecular formula is C31H30ClN8O4+. The highest BCUT2D eigenvalue weighted by atomic mass is 35.5. The van der Waals surface area contributed by atoms with Crippen LogP contribution in [-0.2, 0) is 22.0 Å². The van der Waals surface area contributed by atoms with Gasteiger partial charge in [-0.05, 0) is 55.8 Å². The van der Waals surface area contributed by atoms with Gasteiger partial charge in [0.05, 0.1) is 55.0 Å². The van der Waals surface area contributed by atoms with E-state index in [1.807, 2.05) is 6.07 Å². The Balaban J connectivity index is 1.42. The summed E-state index contributed by atoms with van der Waals surface area (Å²) in [7, 11) is 1.57. The van der Waals surface area contributed by atoms with Crippen molar-refractivity contribution in [3.05, 3.63) is 94.1 Å². The zero-order chi connectivity index (χ0) is 31.6. The minimum atomic E-state index is -0.724. The molecule has 3 heterocycles. The maximum atomic E-state index is 13.5. The largest absolute Gasteiger partial charge is 0.448 e. The van der Waals surface area contributed by atoms with Crippen molar-refractivity contribution in [2.45, 2.75) is 31.3 Å². The first-order valence-electron chi connectivity index (χ1n) is 13.7. The maximum absolute atomic E-state index is 13.5. The Morgan fingerprint density at radius 3 is 2.75 bits per heavy atom. The van der Waals surface area contributed by atoms with Gasteiger partial charge in [-0.2, -0.15) is 14.4 Å². The van der Waals surface area contributed by atoms with Gasteiger partial charge >= 0.3 is 11.6 Å². The van der Waals surface area contributed by atoms with Gasteiger partial charge in [-0.15, -0.1) is 0 Å². The van der Waals surface area contributed by atoms with Crippen molar-refractivity contribution in [2.75, 3.05) is 23.8 Å². The van der Waals surface area contributed by atoms with Crippen LogP contribution in [0.25, 0.3) is 16.7 Å². The molecule has 0 bridgehead atoms. The second-order valence-electron chi connectivity index (χ2n) is 10.9. The van der Waals surface area contributed by atoms with E-state index in [2.05, 4.69) is 38.6 Å². The number of halogens is 1. The van der Waals surface area contributed by atoms with E-state index in [0.29, 0.717) is 35.6 Å². The third-order valence-corrected chi connectivity index (χ3v) is 7.69. The van der Waals surface area contributed by atoms with Crippen LogP contribution < -0.4 is 26.2 Å². The molecule has 1 saturated heterocycles. The summed E-state index contributed by atoms with van der Waals surface area (Å²) < 4.78 is 8.19. The number of nitrogens with zero attached hydrogens (tertiary/aromatic N) is 5. The number of aromatic nitrogens is 4. The lowest BCUT2D eigenvalue weighted by Gasteiger charge is -2.18. The lowest BCUT2D eigenvalue weighted by Crippen LogP contribution is -2.52. The molecule has 2 aromatic heterocycles. The third kappa shape index (κ3) is 6.15. The van der Waals surface area contributed by atoms with Gasteiger partial charge in [-0.25, -0.2) is 9.78 Å². The van der Waals surface area contributed by atoms with E-state index in [0.717, 1.165) is 5.56 Å². The average molecular weight is 614 g/mol. The number of carbonyl (C=O) groups excluding carboxylic acids is 2. The van der Waals surface area contributed by atoms with E-state index in [1.165, 1.54) is 21.3 Å². The highest BCUT2D eigenvalue weighted by Gasteiger charge is 2.31. The molecule has 0 saturated carbocycles. The summed E-state index contributed by atoms with van der Waals surface area (Å²) in [6.07, 6.45) is 4.32. The van der Waals surface area contributed by atoms with Gasteiger partial charge in [0.15, 0.2) is 0 Å². The standard InChI is InChI=1S/C31H29ClN8O4/c1-5-26(41)36-23-15-44-16-24(23)37-29-34-13-19-14-40(30(43)39(4)27(19)38-29)25-11-18(9-10-22(25)32)28(42)35-21-8-6-7-20(12-21)31(2,3)17-33/h5-14,23-24H,1,15-16H2,2-4H3,(H2,35,36,41,42)/p+1. The van der Waals surface area contributed by atoms with Gasteiger partial charge in [0.25, 0.3) is 11.6 Å². The van der Waals surface area contributed by atoms with Gasteiger partial charge in [0, 0.05) is 17.4 Å². The Morgan fingerprint density at radius 1 is 1.23 bits per heavy atom. The molecule has 1 aliphatic rings. The Labute approximate surface area is 258 Å². The van der Waals surface area contributed by atoms with Gasteiger partial charge in [-0.1, -0.05) is 35.3 Å². The molecule has 2 amide bonds. The molecule has 0 spiro atoms. The van der Waals surface area contributed by atoms with Crippen molar-refractivity contribution in [2.24, 2.45) is 7.05 Å². The number of carbonyl (C=O) groups is 2. The molecule has 13 heteroatoms. The monoisotopic (exact) mass is 613 g/mol. The van der Waals surface area contributed by atoms with Crippen LogP contribution in [-0.4, -0.2) is 51.6 Å². The fraction of sp³-hybridized carbons (Fsp3) is 0.258. The lowest BCUT2D eigenvalue weighted by molar-refractivity contribution is -0.666. The second-order valence-corrected chi connectivity index (χ2v) is 11.3. The molecule has 1 aliphatic heterocycles. The summed E-state index contributed by atoms with van der Waals surface area (Å²) in [5.41, 5.74) is 1.05. The van der Waals surface area contributed by atoms with Crippen LogP contribution in [0.2, 0.25) is 5.02 Å². The van der Waals surface area contributed by atoms with E-state index >= 15 is 0 Å². The van der Waals surface area contributed by atoms with Crippen LogP contribution in [0, 0.1) is 11.3 Å². The van der Waals surface area contributed by atoms with Crippen molar-refractivity contribution in [3.63, 3.8) is 0 Å². The Hall–Kier alpha value is -5.12. The number of hydrogen-bond acceptors (Lipinski definition) is 8. The molecule has 1 fully saturated rings. The SMILES string of the molecule is C=CC(=O)NC1COCC1Nc1ncc2cn(-c3cc(C(=O)Nc4cccc(C(C)(C)C#N)c4)ccc3Cl)c(=O)[n+](C)c2n1. The Kier molecular flexibility index (Phi) is 8.44. The lowest BCUT2D eigenvalue weighted by atomic mass is 9.86. The van der Waals surface area contributed by atoms with Crippen LogP contribution in [0.4, 0.5) is 11.6 Å². The highest BCUT2D eigenvalue weighted by Crippen LogP contribution is 2.26. The van der Waals surface area contributed by atoms with Crippen LogP contribution in [0.5, 0.6) is 0 Å². The third-order valence-electron chi connectivity index (χ3n) is 7.37. The summed E-state index contributed by atoms with van der Waals surface area (Å²) in [5, 5.41) is 19.1. The summed E-state index contributed by atoms with van der Waals surface area (Å²) in [6.45, 7) is 7.74. The van der Waals surface area contributed by atoms with Crippen molar-refractivity contribution >= 4 is 46.1 Å². The number of nitrogens with one attached hydrogen (secondary N) is 3. The zero-order valence-corrected chi connectivity index (χ0v) is 25.1. The van der Waals surface area contributed by atoms with Crippen LogP contribution in [0.3, 0.4) is 0 Å². The molecule has 5 rings (SSSR count). The van der Waals surface area contributed by atoms with E-state index < -0.39 is 17.0 Å². The molecular weight excluding hydrogens is 584 g/mol.